The zero-order valence-corrected chi connectivity index (χ0v) is 10.3. The van der Waals surface area contributed by atoms with Crippen molar-refractivity contribution in [3.63, 3.8) is 0 Å². The molecule has 2 fully saturated rings. The molecule has 1 aromatic carbocycles. The summed E-state index contributed by atoms with van der Waals surface area (Å²) in [6.07, 6.45) is 0.947. The molecule has 0 aromatic heterocycles. The highest BCUT2D eigenvalue weighted by molar-refractivity contribution is 5.32. The van der Waals surface area contributed by atoms with Gasteiger partial charge < -0.3 is 9.47 Å². The molecule has 18 heavy (non-hydrogen) atoms. The minimum atomic E-state index is -0.799. The van der Waals surface area contributed by atoms with Gasteiger partial charge in [-0.25, -0.2) is 8.78 Å². The average Bonchev–Trinajstić information content (AvgIpc) is 2.91. The number of ether oxygens (including phenoxy) is 2. The third-order valence-electron chi connectivity index (χ3n) is 4.26. The van der Waals surface area contributed by atoms with E-state index in [2.05, 4.69) is 0 Å². The van der Waals surface area contributed by atoms with Crippen LogP contribution < -0.4 is 0 Å². The van der Waals surface area contributed by atoms with Gasteiger partial charge in [0.05, 0.1) is 31.3 Å². The SMILES string of the molecule is CC[C@H]1OC[C@]2(c3cccc(F)c3F)COC[C@H]12. The maximum absolute atomic E-state index is 14.0. The molecule has 2 aliphatic heterocycles. The summed E-state index contributed by atoms with van der Waals surface area (Å²) < 4.78 is 38.7. The van der Waals surface area contributed by atoms with Crippen molar-refractivity contribution in [2.75, 3.05) is 19.8 Å². The maximum atomic E-state index is 14.0. The fourth-order valence-electron chi connectivity index (χ4n) is 3.26. The van der Waals surface area contributed by atoms with Gasteiger partial charge in [0, 0.05) is 11.5 Å². The zero-order chi connectivity index (χ0) is 12.8. The molecular weight excluding hydrogens is 238 g/mol. The summed E-state index contributed by atoms with van der Waals surface area (Å²) in [5.74, 6) is -1.43. The largest absolute Gasteiger partial charge is 0.380 e. The van der Waals surface area contributed by atoms with Crippen molar-refractivity contribution in [2.45, 2.75) is 24.9 Å². The number of hydrogen-bond acceptors (Lipinski definition) is 2. The number of benzene rings is 1. The van der Waals surface area contributed by atoms with Gasteiger partial charge in [-0.2, -0.15) is 0 Å². The van der Waals surface area contributed by atoms with Crippen LogP contribution >= 0.6 is 0 Å². The third-order valence-corrected chi connectivity index (χ3v) is 4.26. The average molecular weight is 254 g/mol. The Bertz CT molecular complexity index is 463. The van der Waals surface area contributed by atoms with Gasteiger partial charge in [0.1, 0.15) is 0 Å². The van der Waals surface area contributed by atoms with E-state index >= 15 is 0 Å². The van der Waals surface area contributed by atoms with E-state index in [0.29, 0.717) is 25.4 Å². The summed E-state index contributed by atoms with van der Waals surface area (Å²) >= 11 is 0. The van der Waals surface area contributed by atoms with Crippen molar-refractivity contribution in [1.29, 1.82) is 0 Å². The molecule has 0 amide bonds. The summed E-state index contributed by atoms with van der Waals surface area (Å²) in [5.41, 5.74) is -0.103. The van der Waals surface area contributed by atoms with Gasteiger partial charge in [0.25, 0.3) is 0 Å². The second kappa shape index (κ2) is 4.28. The second-order valence-electron chi connectivity index (χ2n) is 5.14. The highest BCUT2D eigenvalue weighted by atomic mass is 19.2. The quantitative estimate of drug-likeness (QED) is 0.807. The summed E-state index contributed by atoms with van der Waals surface area (Å²) in [7, 11) is 0. The van der Waals surface area contributed by atoms with Crippen molar-refractivity contribution >= 4 is 0 Å². The van der Waals surface area contributed by atoms with Crippen LogP contribution in [0.2, 0.25) is 0 Å². The molecule has 2 saturated heterocycles. The molecule has 1 aromatic rings. The molecule has 0 bridgehead atoms. The van der Waals surface area contributed by atoms with Gasteiger partial charge in [-0.1, -0.05) is 19.1 Å². The molecule has 2 heterocycles. The molecule has 3 atom stereocenters. The first-order chi connectivity index (χ1) is 8.69. The Morgan fingerprint density at radius 2 is 2.17 bits per heavy atom. The van der Waals surface area contributed by atoms with Crippen LogP contribution in [0.15, 0.2) is 18.2 Å². The summed E-state index contributed by atoms with van der Waals surface area (Å²) in [6.45, 7) is 3.43. The van der Waals surface area contributed by atoms with Crippen LogP contribution in [0, 0.1) is 17.6 Å². The van der Waals surface area contributed by atoms with Crippen molar-refractivity contribution < 1.29 is 18.3 Å². The summed E-state index contributed by atoms with van der Waals surface area (Å²) in [6, 6.07) is 4.35. The van der Waals surface area contributed by atoms with Crippen LogP contribution in [0.1, 0.15) is 18.9 Å². The minimum absolute atomic E-state index is 0.0789. The Hall–Kier alpha value is -1.00. The monoisotopic (exact) mass is 254 g/mol. The molecule has 0 spiro atoms. The van der Waals surface area contributed by atoms with Crippen LogP contribution in [0.3, 0.4) is 0 Å². The number of hydrogen-bond donors (Lipinski definition) is 0. The first-order valence-corrected chi connectivity index (χ1v) is 6.33. The van der Waals surface area contributed by atoms with Crippen LogP contribution in [0.5, 0.6) is 0 Å². The molecule has 4 heteroatoms. The second-order valence-corrected chi connectivity index (χ2v) is 5.14. The van der Waals surface area contributed by atoms with Crippen molar-refractivity contribution in [3.8, 4) is 0 Å². The highest BCUT2D eigenvalue weighted by Gasteiger charge is 2.55. The first kappa shape index (κ1) is 12.1. The van der Waals surface area contributed by atoms with E-state index in [1.165, 1.54) is 0 Å². The van der Waals surface area contributed by atoms with E-state index in [9.17, 15) is 8.78 Å². The Kier molecular flexibility index (Phi) is 2.87. The molecular formula is C14H16F2O2. The van der Waals surface area contributed by atoms with Gasteiger partial charge >= 0.3 is 0 Å². The molecule has 98 valence electrons. The molecule has 0 saturated carbocycles. The lowest BCUT2D eigenvalue weighted by atomic mass is 9.72. The predicted molar refractivity (Wildman–Crippen MR) is 62.4 cm³/mol. The Labute approximate surface area is 105 Å². The van der Waals surface area contributed by atoms with E-state index in [4.69, 9.17) is 9.47 Å². The Morgan fingerprint density at radius 3 is 2.94 bits per heavy atom. The highest BCUT2D eigenvalue weighted by Crippen LogP contribution is 2.47. The summed E-state index contributed by atoms with van der Waals surface area (Å²) in [4.78, 5) is 0. The van der Waals surface area contributed by atoms with Crippen molar-refractivity contribution in [3.05, 3.63) is 35.4 Å². The number of rotatable bonds is 2. The lowest BCUT2D eigenvalue weighted by Crippen LogP contribution is -2.36. The fraction of sp³-hybridized carbons (Fsp3) is 0.571. The van der Waals surface area contributed by atoms with Gasteiger partial charge in [-0.05, 0) is 12.5 Å². The van der Waals surface area contributed by atoms with E-state index in [0.717, 1.165) is 12.5 Å². The molecule has 0 N–H and O–H groups in total. The summed E-state index contributed by atoms with van der Waals surface area (Å²) in [5, 5.41) is 0. The number of fused-ring (bicyclic) bond motifs is 1. The fourth-order valence-corrected chi connectivity index (χ4v) is 3.26. The molecule has 0 radical (unpaired) electrons. The van der Waals surface area contributed by atoms with Crippen LogP contribution in [0.25, 0.3) is 0 Å². The van der Waals surface area contributed by atoms with Gasteiger partial charge in [-0.15, -0.1) is 0 Å². The topological polar surface area (TPSA) is 18.5 Å². The van der Waals surface area contributed by atoms with E-state index in [1.807, 2.05) is 6.92 Å². The van der Waals surface area contributed by atoms with Crippen LogP contribution in [-0.2, 0) is 14.9 Å². The predicted octanol–water partition coefficient (Wildman–Crippen LogP) is 2.66. The minimum Gasteiger partial charge on any atom is -0.380 e. The molecule has 0 unspecified atom stereocenters. The van der Waals surface area contributed by atoms with E-state index < -0.39 is 17.0 Å². The van der Waals surface area contributed by atoms with Crippen LogP contribution in [-0.4, -0.2) is 25.9 Å². The lowest BCUT2D eigenvalue weighted by molar-refractivity contribution is 0.0461. The zero-order valence-electron chi connectivity index (χ0n) is 10.3. The van der Waals surface area contributed by atoms with Crippen LogP contribution in [0.4, 0.5) is 8.78 Å². The lowest BCUT2D eigenvalue weighted by Gasteiger charge is -2.27. The normalized spacial score (nSPS) is 34.8. The molecule has 0 aliphatic carbocycles. The Morgan fingerprint density at radius 1 is 1.33 bits per heavy atom. The number of halogens is 2. The Balaban J connectivity index is 2.07. The smallest absolute Gasteiger partial charge is 0.162 e. The maximum Gasteiger partial charge on any atom is 0.162 e. The third kappa shape index (κ3) is 1.52. The van der Waals surface area contributed by atoms with Crippen molar-refractivity contribution in [1.82, 2.24) is 0 Å². The molecule has 2 nitrogen and oxygen atoms in total. The first-order valence-electron chi connectivity index (χ1n) is 6.33. The standard InChI is InChI=1S/C14H16F2O2/c1-2-12-10-6-17-7-14(10,8-18-12)9-4-3-5-11(15)13(9)16/h3-5,10,12H,2,6-8H2,1H3/t10-,12-,14+/m1/s1. The van der Waals surface area contributed by atoms with E-state index in [1.54, 1.807) is 12.1 Å². The van der Waals surface area contributed by atoms with E-state index in [-0.39, 0.29) is 12.0 Å². The van der Waals surface area contributed by atoms with Gasteiger partial charge in [0.2, 0.25) is 0 Å². The molecule has 3 rings (SSSR count). The van der Waals surface area contributed by atoms with Gasteiger partial charge in [-0.3, -0.25) is 0 Å². The molecule has 2 aliphatic rings. The van der Waals surface area contributed by atoms with Gasteiger partial charge in [0.15, 0.2) is 11.6 Å². The van der Waals surface area contributed by atoms with Crippen molar-refractivity contribution in [2.24, 2.45) is 5.92 Å².